The first-order chi connectivity index (χ1) is 9.83. The fraction of sp³-hybridized carbons (Fsp3) is 0.647. The molecule has 2 unspecified atom stereocenters. The van der Waals surface area contributed by atoms with Crippen LogP contribution in [0.1, 0.15) is 36.8 Å². The van der Waals surface area contributed by atoms with Gasteiger partial charge in [-0.15, -0.1) is 0 Å². The lowest BCUT2D eigenvalue weighted by Crippen LogP contribution is -2.27. The lowest BCUT2D eigenvalue weighted by Gasteiger charge is -2.28. The molecule has 1 saturated carbocycles. The zero-order valence-corrected chi connectivity index (χ0v) is 12.7. The van der Waals surface area contributed by atoms with Crippen molar-refractivity contribution in [2.45, 2.75) is 50.9 Å². The Morgan fingerprint density at radius 1 is 1.15 bits per heavy atom. The van der Waals surface area contributed by atoms with Crippen LogP contribution in [0.15, 0.2) is 24.3 Å². The third kappa shape index (κ3) is 4.58. The quantitative estimate of drug-likeness (QED) is 0.831. The Morgan fingerprint density at radius 2 is 1.90 bits per heavy atom. The molecule has 3 nitrogen and oxygen atoms in total. The highest BCUT2D eigenvalue weighted by Gasteiger charge is 2.22. The normalized spacial score (nSPS) is 22.9. The van der Waals surface area contributed by atoms with Gasteiger partial charge in [0.05, 0.1) is 18.8 Å². The molecule has 3 heteroatoms. The number of rotatable bonds is 7. The first kappa shape index (κ1) is 15.5. The van der Waals surface area contributed by atoms with Crippen LogP contribution < -0.4 is 5.32 Å². The van der Waals surface area contributed by atoms with Gasteiger partial charge in [0.1, 0.15) is 0 Å². The monoisotopic (exact) mass is 277 g/mol. The lowest BCUT2D eigenvalue weighted by atomic mass is 9.95. The average Bonchev–Trinajstić information content (AvgIpc) is 2.52. The first-order valence-electron chi connectivity index (χ1n) is 7.69. The molecule has 0 amide bonds. The number of ether oxygens (including phenoxy) is 2. The Labute approximate surface area is 122 Å². The smallest absolute Gasteiger partial charge is 0.0723 e. The molecule has 1 aromatic rings. The average molecular weight is 277 g/mol. The van der Waals surface area contributed by atoms with Crippen LogP contribution in [-0.2, 0) is 22.5 Å². The molecule has 1 aliphatic rings. The van der Waals surface area contributed by atoms with Gasteiger partial charge in [0, 0.05) is 7.11 Å². The maximum Gasteiger partial charge on any atom is 0.0723 e. The van der Waals surface area contributed by atoms with E-state index in [4.69, 9.17) is 9.47 Å². The molecule has 2 atom stereocenters. The van der Waals surface area contributed by atoms with E-state index in [0.29, 0.717) is 12.2 Å². The van der Waals surface area contributed by atoms with Crippen LogP contribution in [0, 0.1) is 0 Å². The van der Waals surface area contributed by atoms with Crippen LogP contribution in [0.4, 0.5) is 0 Å². The summed E-state index contributed by atoms with van der Waals surface area (Å²) >= 11 is 0. The highest BCUT2D eigenvalue weighted by atomic mass is 16.5. The standard InChI is InChI=1S/C17H27NO2/c1-18-11-10-14-6-3-4-7-15(14)13-20-17-9-5-8-16(12-17)19-2/h3-4,6-7,16-18H,5,8-13H2,1-2H3. The van der Waals surface area contributed by atoms with E-state index in [1.807, 2.05) is 7.05 Å². The molecule has 0 bridgehead atoms. The maximum atomic E-state index is 6.12. The van der Waals surface area contributed by atoms with E-state index in [0.717, 1.165) is 26.0 Å². The zero-order valence-electron chi connectivity index (χ0n) is 12.7. The Bertz CT molecular complexity index is 394. The van der Waals surface area contributed by atoms with Gasteiger partial charge >= 0.3 is 0 Å². The van der Waals surface area contributed by atoms with Gasteiger partial charge in [-0.2, -0.15) is 0 Å². The molecule has 0 heterocycles. The van der Waals surface area contributed by atoms with Gasteiger partial charge < -0.3 is 14.8 Å². The fourth-order valence-electron chi connectivity index (χ4n) is 2.88. The van der Waals surface area contributed by atoms with Crippen LogP contribution in [-0.4, -0.2) is 32.9 Å². The van der Waals surface area contributed by atoms with Gasteiger partial charge in [-0.25, -0.2) is 0 Å². The highest BCUT2D eigenvalue weighted by Crippen LogP contribution is 2.24. The number of benzene rings is 1. The SMILES string of the molecule is CNCCc1ccccc1COC1CCCC(OC)C1. The van der Waals surface area contributed by atoms with Crippen molar-refractivity contribution < 1.29 is 9.47 Å². The lowest BCUT2D eigenvalue weighted by molar-refractivity contribution is -0.0365. The predicted octanol–water partition coefficient (Wildman–Crippen LogP) is 2.92. The molecule has 0 radical (unpaired) electrons. The molecule has 0 aromatic heterocycles. The van der Waals surface area contributed by atoms with Gasteiger partial charge in [0.2, 0.25) is 0 Å². The van der Waals surface area contributed by atoms with E-state index in [1.54, 1.807) is 7.11 Å². The zero-order chi connectivity index (χ0) is 14.2. The van der Waals surface area contributed by atoms with Crippen molar-refractivity contribution in [2.24, 2.45) is 0 Å². The molecule has 0 spiro atoms. The molecular weight excluding hydrogens is 250 g/mol. The second kappa shape index (κ2) is 8.40. The fourth-order valence-corrected chi connectivity index (χ4v) is 2.88. The summed E-state index contributed by atoms with van der Waals surface area (Å²) in [6.07, 6.45) is 6.38. The van der Waals surface area contributed by atoms with Gasteiger partial charge in [-0.1, -0.05) is 24.3 Å². The molecule has 1 aromatic carbocycles. The minimum Gasteiger partial charge on any atom is -0.381 e. The molecule has 1 aliphatic carbocycles. The van der Waals surface area contributed by atoms with Crippen molar-refractivity contribution in [1.29, 1.82) is 0 Å². The first-order valence-corrected chi connectivity index (χ1v) is 7.69. The van der Waals surface area contributed by atoms with Crippen LogP contribution in [0.25, 0.3) is 0 Å². The number of likely N-dealkylation sites (N-methyl/N-ethyl adjacent to an activating group) is 1. The van der Waals surface area contributed by atoms with E-state index in [9.17, 15) is 0 Å². The summed E-state index contributed by atoms with van der Waals surface area (Å²) < 4.78 is 11.6. The van der Waals surface area contributed by atoms with E-state index in [1.165, 1.54) is 30.4 Å². The maximum absolute atomic E-state index is 6.12. The van der Waals surface area contributed by atoms with Crippen molar-refractivity contribution in [3.63, 3.8) is 0 Å². The predicted molar refractivity (Wildman–Crippen MR) is 81.9 cm³/mol. The van der Waals surface area contributed by atoms with Crippen LogP contribution in [0.3, 0.4) is 0 Å². The molecule has 0 saturated heterocycles. The van der Waals surface area contributed by atoms with E-state index in [2.05, 4.69) is 29.6 Å². The third-order valence-electron chi connectivity index (χ3n) is 4.15. The second-order valence-corrected chi connectivity index (χ2v) is 5.58. The molecular formula is C17H27NO2. The second-order valence-electron chi connectivity index (χ2n) is 5.58. The molecule has 20 heavy (non-hydrogen) atoms. The van der Waals surface area contributed by atoms with E-state index in [-0.39, 0.29) is 0 Å². The largest absolute Gasteiger partial charge is 0.381 e. The van der Waals surface area contributed by atoms with Gasteiger partial charge in [-0.3, -0.25) is 0 Å². The van der Waals surface area contributed by atoms with Crippen LogP contribution in [0.5, 0.6) is 0 Å². The van der Waals surface area contributed by atoms with Gasteiger partial charge in [0.25, 0.3) is 0 Å². The Balaban J connectivity index is 1.86. The van der Waals surface area contributed by atoms with E-state index >= 15 is 0 Å². The molecule has 1 fully saturated rings. The number of hydrogen-bond acceptors (Lipinski definition) is 3. The summed E-state index contributed by atoms with van der Waals surface area (Å²) in [5, 5.41) is 3.20. The van der Waals surface area contributed by atoms with Crippen LogP contribution >= 0.6 is 0 Å². The summed E-state index contributed by atoms with van der Waals surface area (Å²) in [7, 11) is 3.80. The molecule has 2 rings (SSSR count). The Kier molecular flexibility index (Phi) is 6.51. The van der Waals surface area contributed by atoms with E-state index < -0.39 is 0 Å². The molecule has 0 aliphatic heterocycles. The highest BCUT2D eigenvalue weighted by molar-refractivity contribution is 5.26. The van der Waals surface area contributed by atoms with Crippen molar-refractivity contribution >= 4 is 0 Å². The Morgan fingerprint density at radius 3 is 2.65 bits per heavy atom. The number of methoxy groups -OCH3 is 1. The molecule has 112 valence electrons. The van der Waals surface area contributed by atoms with Crippen molar-refractivity contribution in [2.75, 3.05) is 20.7 Å². The van der Waals surface area contributed by atoms with Crippen molar-refractivity contribution in [1.82, 2.24) is 5.32 Å². The van der Waals surface area contributed by atoms with Crippen molar-refractivity contribution in [3.8, 4) is 0 Å². The Hall–Kier alpha value is -0.900. The van der Waals surface area contributed by atoms with Gasteiger partial charge in [-0.05, 0) is 56.8 Å². The summed E-state index contributed by atoms with van der Waals surface area (Å²) in [6, 6.07) is 8.59. The summed E-state index contributed by atoms with van der Waals surface area (Å²) in [6.45, 7) is 1.73. The van der Waals surface area contributed by atoms with Crippen molar-refractivity contribution in [3.05, 3.63) is 35.4 Å². The number of nitrogens with one attached hydrogen (secondary N) is 1. The number of hydrogen-bond donors (Lipinski definition) is 1. The summed E-state index contributed by atoms with van der Waals surface area (Å²) in [4.78, 5) is 0. The minimum atomic E-state index is 0.353. The summed E-state index contributed by atoms with van der Waals surface area (Å²) in [5.41, 5.74) is 2.71. The minimum absolute atomic E-state index is 0.353. The topological polar surface area (TPSA) is 30.5 Å². The molecule has 1 N–H and O–H groups in total. The van der Waals surface area contributed by atoms with Gasteiger partial charge in [0.15, 0.2) is 0 Å². The summed E-state index contributed by atoms with van der Waals surface area (Å²) in [5.74, 6) is 0. The van der Waals surface area contributed by atoms with Crippen LogP contribution in [0.2, 0.25) is 0 Å². The third-order valence-corrected chi connectivity index (χ3v) is 4.15.